The maximum absolute atomic E-state index is 3.72. The molecule has 0 unspecified atom stereocenters. The molecule has 0 atom stereocenters. The van der Waals surface area contributed by atoms with Gasteiger partial charge in [0.15, 0.2) is 0 Å². The standard InChI is InChI=1S/C13H31NSi2/c1-6-16(7-2,8-3)12-14-9-10-15-11-13(4)5/h11,14H,6-10,12,15H2,1-5H3. The second-order valence-electron chi connectivity index (χ2n) is 5.16. The van der Waals surface area contributed by atoms with E-state index in [1.807, 2.05) is 0 Å². The van der Waals surface area contributed by atoms with E-state index in [1.165, 1.54) is 42.5 Å². The Morgan fingerprint density at radius 3 is 2.12 bits per heavy atom. The molecule has 0 aromatic rings. The Balaban J connectivity index is 3.67. The molecule has 0 rings (SSSR count). The Kier molecular flexibility index (Phi) is 9.27. The van der Waals surface area contributed by atoms with Gasteiger partial charge in [0.25, 0.3) is 0 Å². The van der Waals surface area contributed by atoms with Crippen LogP contribution in [-0.4, -0.2) is 30.3 Å². The Bertz CT molecular complexity index is 186. The SMILES string of the molecule is CC[Si](CC)(CC)CNCC[SiH2]C=C(C)C. The number of rotatable bonds is 9. The van der Waals surface area contributed by atoms with Crippen molar-refractivity contribution in [1.29, 1.82) is 0 Å². The molecule has 0 saturated carbocycles. The average Bonchev–Trinajstić information content (AvgIpc) is 2.29. The predicted molar refractivity (Wildman–Crippen MR) is 82.8 cm³/mol. The van der Waals surface area contributed by atoms with Gasteiger partial charge in [-0.1, -0.05) is 44.5 Å². The van der Waals surface area contributed by atoms with Crippen LogP contribution in [0.5, 0.6) is 0 Å². The van der Waals surface area contributed by atoms with Gasteiger partial charge in [-0.15, -0.1) is 5.70 Å². The van der Waals surface area contributed by atoms with Crippen molar-refractivity contribution in [2.75, 3.05) is 12.7 Å². The zero-order chi connectivity index (χ0) is 12.4. The van der Waals surface area contributed by atoms with Gasteiger partial charge in [-0.3, -0.25) is 0 Å². The summed E-state index contributed by atoms with van der Waals surface area (Å²) < 4.78 is 0. The van der Waals surface area contributed by atoms with Gasteiger partial charge in [0, 0.05) is 9.52 Å². The molecule has 0 aliphatic rings. The van der Waals surface area contributed by atoms with E-state index in [1.54, 1.807) is 0 Å². The van der Waals surface area contributed by atoms with E-state index in [2.05, 4.69) is 45.6 Å². The first kappa shape index (κ1) is 16.1. The molecule has 16 heavy (non-hydrogen) atoms. The summed E-state index contributed by atoms with van der Waals surface area (Å²) in [6.45, 7) is 12.8. The number of nitrogens with one attached hydrogen (secondary N) is 1. The van der Waals surface area contributed by atoms with Crippen molar-refractivity contribution in [3.05, 3.63) is 11.3 Å². The molecule has 0 aliphatic heterocycles. The molecule has 1 N–H and O–H groups in total. The van der Waals surface area contributed by atoms with Gasteiger partial charge in [0.1, 0.15) is 0 Å². The van der Waals surface area contributed by atoms with Crippen molar-refractivity contribution in [2.24, 2.45) is 0 Å². The van der Waals surface area contributed by atoms with Gasteiger partial charge in [-0.25, -0.2) is 0 Å². The van der Waals surface area contributed by atoms with Crippen LogP contribution in [0.25, 0.3) is 0 Å². The normalized spacial score (nSPS) is 12.3. The highest BCUT2D eigenvalue weighted by atomic mass is 28.3. The highest BCUT2D eigenvalue weighted by Crippen LogP contribution is 2.18. The molecule has 0 saturated heterocycles. The van der Waals surface area contributed by atoms with Crippen molar-refractivity contribution < 1.29 is 0 Å². The molecule has 0 radical (unpaired) electrons. The van der Waals surface area contributed by atoms with Gasteiger partial charge in [-0.05, 0) is 32.6 Å². The van der Waals surface area contributed by atoms with Crippen LogP contribution < -0.4 is 5.32 Å². The van der Waals surface area contributed by atoms with Gasteiger partial charge < -0.3 is 5.32 Å². The minimum absolute atomic E-state index is 0.0718. The van der Waals surface area contributed by atoms with Gasteiger partial charge in [0.05, 0.1) is 8.07 Å². The molecular weight excluding hydrogens is 226 g/mol. The Hall–Kier alpha value is 0.134. The lowest BCUT2D eigenvalue weighted by Gasteiger charge is -2.28. The third-order valence-electron chi connectivity index (χ3n) is 3.86. The maximum Gasteiger partial charge on any atom is 0.0679 e. The molecule has 0 amide bonds. The van der Waals surface area contributed by atoms with Crippen molar-refractivity contribution in [3.63, 3.8) is 0 Å². The molecule has 1 nitrogen and oxygen atoms in total. The summed E-state index contributed by atoms with van der Waals surface area (Å²) in [7, 11) is -0.839. The molecule has 0 aromatic heterocycles. The van der Waals surface area contributed by atoms with E-state index in [0.717, 1.165) is 0 Å². The summed E-state index contributed by atoms with van der Waals surface area (Å²) in [5.41, 5.74) is 3.98. The van der Waals surface area contributed by atoms with Crippen LogP contribution >= 0.6 is 0 Å². The molecule has 96 valence electrons. The van der Waals surface area contributed by atoms with Crippen LogP contribution in [-0.2, 0) is 0 Å². The smallest absolute Gasteiger partial charge is 0.0679 e. The third-order valence-corrected chi connectivity index (χ3v) is 11.2. The number of hydrogen-bond donors (Lipinski definition) is 1. The van der Waals surface area contributed by atoms with Gasteiger partial charge >= 0.3 is 0 Å². The number of hydrogen-bond acceptors (Lipinski definition) is 1. The zero-order valence-corrected chi connectivity index (χ0v) is 14.4. The Labute approximate surface area is 106 Å². The summed E-state index contributed by atoms with van der Waals surface area (Å²) in [5, 5.41) is 3.72. The minimum atomic E-state index is -0.910. The summed E-state index contributed by atoms with van der Waals surface area (Å²) in [5.74, 6) is 0. The van der Waals surface area contributed by atoms with Gasteiger partial charge in [0.2, 0.25) is 0 Å². The second-order valence-corrected chi connectivity index (χ2v) is 12.3. The van der Waals surface area contributed by atoms with Crippen molar-refractivity contribution in [3.8, 4) is 0 Å². The second kappa shape index (κ2) is 9.19. The summed E-state index contributed by atoms with van der Waals surface area (Å²) in [6, 6.07) is 5.75. The first-order chi connectivity index (χ1) is 7.60. The van der Waals surface area contributed by atoms with Crippen LogP contribution in [0.2, 0.25) is 24.2 Å². The fourth-order valence-corrected chi connectivity index (χ4v) is 6.29. The van der Waals surface area contributed by atoms with E-state index in [4.69, 9.17) is 0 Å². The Morgan fingerprint density at radius 2 is 1.69 bits per heavy atom. The lowest BCUT2D eigenvalue weighted by Crippen LogP contribution is -2.44. The summed E-state index contributed by atoms with van der Waals surface area (Å²) in [4.78, 5) is 0. The zero-order valence-electron chi connectivity index (χ0n) is 12.0. The lowest BCUT2D eigenvalue weighted by atomic mass is 10.4. The van der Waals surface area contributed by atoms with E-state index in [0.29, 0.717) is 0 Å². The summed E-state index contributed by atoms with van der Waals surface area (Å²) >= 11 is 0. The first-order valence-electron chi connectivity index (χ1n) is 6.94. The van der Waals surface area contributed by atoms with Crippen LogP contribution in [0.1, 0.15) is 34.6 Å². The van der Waals surface area contributed by atoms with Crippen LogP contribution in [0.3, 0.4) is 0 Å². The molecule has 0 spiro atoms. The summed E-state index contributed by atoms with van der Waals surface area (Å²) in [6.07, 6.45) is 1.35. The van der Waals surface area contributed by atoms with E-state index in [9.17, 15) is 0 Å². The van der Waals surface area contributed by atoms with E-state index in [-0.39, 0.29) is 9.52 Å². The highest BCUT2D eigenvalue weighted by Gasteiger charge is 2.25. The quantitative estimate of drug-likeness (QED) is 0.494. The van der Waals surface area contributed by atoms with Crippen LogP contribution in [0, 0.1) is 0 Å². The molecule has 3 heteroatoms. The van der Waals surface area contributed by atoms with Crippen LogP contribution in [0.15, 0.2) is 11.3 Å². The van der Waals surface area contributed by atoms with Crippen molar-refractivity contribution in [2.45, 2.75) is 58.8 Å². The molecule has 0 heterocycles. The lowest BCUT2D eigenvalue weighted by molar-refractivity contribution is 0.801. The first-order valence-corrected chi connectivity index (χ1v) is 11.6. The fraction of sp³-hybridized carbons (Fsp3) is 0.846. The molecule has 0 aliphatic carbocycles. The van der Waals surface area contributed by atoms with E-state index < -0.39 is 8.07 Å². The highest BCUT2D eigenvalue weighted by molar-refractivity contribution is 6.79. The van der Waals surface area contributed by atoms with Crippen molar-refractivity contribution in [1.82, 2.24) is 5.32 Å². The third kappa shape index (κ3) is 6.66. The average molecular weight is 258 g/mol. The minimum Gasteiger partial charge on any atom is -0.320 e. The molecule has 0 bridgehead atoms. The predicted octanol–water partition coefficient (Wildman–Crippen LogP) is 3.13. The van der Waals surface area contributed by atoms with Crippen LogP contribution in [0.4, 0.5) is 0 Å². The van der Waals surface area contributed by atoms with E-state index >= 15 is 0 Å². The molecule has 0 aromatic carbocycles. The molecular formula is C13H31NSi2. The molecule has 0 fully saturated rings. The fourth-order valence-electron chi connectivity index (χ4n) is 2.10. The largest absolute Gasteiger partial charge is 0.320 e. The monoisotopic (exact) mass is 257 g/mol. The maximum atomic E-state index is 3.72. The Morgan fingerprint density at radius 1 is 1.12 bits per heavy atom. The number of allylic oxidation sites excluding steroid dienone is 1. The van der Waals surface area contributed by atoms with Gasteiger partial charge in [-0.2, -0.15) is 0 Å². The van der Waals surface area contributed by atoms with Crippen molar-refractivity contribution >= 4 is 17.6 Å². The topological polar surface area (TPSA) is 12.0 Å².